The van der Waals surface area contributed by atoms with Gasteiger partial charge in [-0.15, -0.1) is 0 Å². The van der Waals surface area contributed by atoms with E-state index in [1.807, 2.05) is 0 Å². The van der Waals surface area contributed by atoms with Crippen molar-refractivity contribution in [2.75, 3.05) is 0 Å². The highest BCUT2D eigenvalue weighted by Crippen LogP contribution is 2.37. The Balaban J connectivity index is 0.881. The standard InChI is InChI=1S/C84H60N2Si3/c1-7-29-61(30-8-1)62-31-27-43-70(57-62)87(65-33-9-2-10-34-65,66-35-11-3-12-36-66)72-54-55-75-73-45-19-21-47-77(73)86(80(75)60-72)64-53-56-79-76(59-64)74-46-20-22-48-78(74)85(79)63-32-28-44-71(58-63)89(69-41-17-6-18-42-69)83-51-25-23-49-81(83)88(67-37-13-4-14-38-67,68-39-15-5-16-40-68)82-50-24-26-52-84(82)89/h1-60H. The fraction of sp³-hybridized carbons (Fsp3) is 0. The molecular weight excluding hydrogens is 1120 g/mol. The van der Waals surface area contributed by atoms with Crippen LogP contribution in [0, 0.1) is 0 Å². The van der Waals surface area contributed by atoms with E-state index in [-0.39, 0.29) is 0 Å². The fourth-order valence-electron chi connectivity index (χ4n) is 15.9. The first kappa shape index (κ1) is 52.6. The average molecular weight is 1180 g/mol. The number of hydrogen-bond donors (Lipinski definition) is 0. The van der Waals surface area contributed by atoms with Gasteiger partial charge in [0.1, 0.15) is 0 Å². The van der Waals surface area contributed by atoms with Gasteiger partial charge < -0.3 is 9.13 Å². The van der Waals surface area contributed by atoms with Crippen molar-refractivity contribution in [3.63, 3.8) is 0 Å². The quantitative estimate of drug-likeness (QED) is 0.0902. The van der Waals surface area contributed by atoms with Crippen LogP contribution in [0.3, 0.4) is 0 Å². The van der Waals surface area contributed by atoms with Crippen molar-refractivity contribution >= 4 is 130 Å². The molecule has 0 amide bonds. The molecule has 17 rings (SSSR count). The van der Waals surface area contributed by atoms with Gasteiger partial charge >= 0.3 is 0 Å². The third kappa shape index (κ3) is 7.92. The van der Waals surface area contributed by atoms with Gasteiger partial charge in [0.15, 0.2) is 24.2 Å². The highest BCUT2D eigenvalue weighted by molar-refractivity contribution is 7.33. The minimum absolute atomic E-state index is 1.13. The summed E-state index contributed by atoms with van der Waals surface area (Å²) < 4.78 is 5.07. The fourth-order valence-corrected chi connectivity index (χ4v) is 32.8. The van der Waals surface area contributed by atoms with Gasteiger partial charge in [-0.1, -0.05) is 315 Å². The lowest BCUT2D eigenvalue weighted by molar-refractivity contribution is 1.17. The molecule has 1 aliphatic rings. The highest BCUT2D eigenvalue weighted by atomic mass is 28.3. The van der Waals surface area contributed by atoms with Crippen LogP contribution in [0.2, 0.25) is 0 Å². The SMILES string of the molecule is c1ccc(-c2cccc([Si](c3ccccc3)(c3ccccc3)c3ccc4c5ccccc5n(-c5ccc6c(c5)c5ccccc5n6-c5cccc([Si]6(c7ccccc7)c7ccccc7[Si](c7ccccc7)(c7ccccc7)c7ccccc76)c5)c4c3)c2)cc1. The maximum atomic E-state index is 2.56. The molecule has 2 nitrogen and oxygen atoms in total. The van der Waals surface area contributed by atoms with Crippen molar-refractivity contribution in [3.8, 4) is 22.5 Å². The van der Waals surface area contributed by atoms with Crippen LogP contribution < -0.4 is 62.2 Å². The van der Waals surface area contributed by atoms with Gasteiger partial charge in [-0.25, -0.2) is 0 Å². The lowest BCUT2D eigenvalue weighted by Crippen LogP contribution is -2.93. The predicted octanol–water partition coefficient (Wildman–Crippen LogP) is 12.0. The molecule has 1 aliphatic heterocycles. The molecule has 0 saturated heterocycles. The molecule has 0 spiro atoms. The molecule has 16 aromatic rings. The van der Waals surface area contributed by atoms with Gasteiger partial charge in [0.2, 0.25) is 0 Å². The van der Waals surface area contributed by atoms with E-state index in [4.69, 9.17) is 0 Å². The van der Waals surface area contributed by atoms with Crippen molar-refractivity contribution < 1.29 is 0 Å². The maximum absolute atomic E-state index is 3.09. The van der Waals surface area contributed by atoms with Crippen LogP contribution in [-0.2, 0) is 0 Å². The molecule has 14 aromatic carbocycles. The molecule has 5 heteroatoms. The van der Waals surface area contributed by atoms with Crippen LogP contribution in [-0.4, -0.2) is 33.4 Å². The molecule has 0 bridgehead atoms. The number of benzene rings is 14. The Hall–Kier alpha value is -10.7. The smallest absolute Gasteiger partial charge is 0.179 e. The summed E-state index contributed by atoms with van der Waals surface area (Å²) in [5.41, 5.74) is 9.45. The van der Waals surface area contributed by atoms with E-state index in [0.717, 1.165) is 11.4 Å². The van der Waals surface area contributed by atoms with Gasteiger partial charge in [-0.3, -0.25) is 0 Å². The van der Waals surface area contributed by atoms with Crippen LogP contribution in [0.4, 0.5) is 0 Å². The summed E-state index contributed by atoms with van der Waals surface area (Å²) >= 11 is 0. The van der Waals surface area contributed by atoms with Gasteiger partial charge in [-0.05, 0) is 122 Å². The Kier molecular flexibility index (Phi) is 12.6. The second-order valence-corrected chi connectivity index (χ2v) is 35.1. The van der Waals surface area contributed by atoms with E-state index >= 15 is 0 Å². The molecule has 0 saturated carbocycles. The van der Waals surface area contributed by atoms with Gasteiger partial charge in [0.05, 0.1) is 22.1 Å². The number of aromatic nitrogens is 2. The number of rotatable bonds is 11. The molecule has 0 fully saturated rings. The van der Waals surface area contributed by atoms with Crippen LogP contribution in [0.25, 0.3) is 66.1 Å². The topological polar surface area (TPSA) is 9.86 Å². The number of nitrogens with zero attached hydrogens (tertiary/aromatic N) is 2. The Morgan fingerprint density at radius 2 is 0.573 bits per heavy atom. The Labute approximate surface area is 522 Å². The molecule has 0 atom stereocenters. The lowest BCUT2D eigenvalue weighted by Gasteiger charge is -2.48. The van der Waals surface area contributed by atoms with E-state index in [0.29, 0.717) is 0 Å². The van der Waals surface area contributed by atoms with Crippen LogP contribution in [0.15, 0.2) is 364 Å². The van der Waals surface area contributed by atoms with E-state index in [1.54, 1.807) is 0 Å². The van der Waals surface area contributed by atoms with Crippen molar-refractivity contribution in [2.24, 2.45) is 0 Å². The first-order chi connectivity index (χ1) is 44.2. The largest absolute Gasteiger partial charge is 0.309 e. The third-order valence-electron chi connectivity index (χ3n) is 19.5. The third-order valence-corrected chi connectivity index (χ3v) is 34.5. The van der Waals surface area contributed by atoms with Crippen molar-refractivity contribution in [1.82, 2.24) is 9.13 Å². The molecule has 0 N–H and O–H groups in total. The Morgan fingerprint density at radius 3 is 1.12 bits per heavy atom. The number of hydrogen-bond acceptors (Lipinski definition) is 0. The predicted molar refractivity (Wildman–Crippen MR) is 385 cm³/mol. The van der Waals surface area contributed by atoms with Crippen molar-refractivity contribution in [2.45, 2.75) is 0 Å². The van der Waals surface area contributed by atoms with Gasteiger partial charge in [0, 0.05) is 32.9 Å². The number of para-hydroxylation sites is 2. The molecule has 0 aliphatic carbocycles. The first-order valence-corrected chi connectivity index (χ1v) is 37.0. The van der Waals surface area contributed by atoms with Crippen LogP contribution in [0.1, 0.15) is 0 Å². The Morgan fingerprint density at radius 1 is 0.202 bits per heavy atom. The molecule has 89 heavy (non-hydrogen) atoms. The van der Waals surface area contributed by atoms with Crippen LogP contribution >= 0.6 is 0 Å². The van der Waals surface area contributed by atoms with Crippen molar-refractivity contribution in [1.29, 1.82) is 0 Å². The molecular formula is C84H60N2Si3. The van der Waals surface area contributed by atoms with Gasteiger partial charge in [-0.2, -0.15) is 0 Å². The molecule has 0 unspecified atom stereocenters. The zero-order chi connectivity index (χ0) is 58.9. The second-order valence-electron chi connectivity index (χ2n) is 23.8. The summed E-state index contributed by atoms with van der Waals surface area (Å²) in [6.07, 6.45) is 0. The zero-order valence-corrected chi connectivity index (χ0v) is 52.0. The monoisotopic (exact) mass is 1180 g/mol. The summed E-state index contributed by atoms with van der Waals surface area (Å²) in [5, 5.41) is 21.7. The van der Waals surface area contributed by atoms with E-state index in [1.165, 1.54) is 117 Å². The normalized spacial score (nSPS) is 13.3. The summed E-state index contributed by atoms with van der Waals surface area (Å²) in [6.45, 7) is 0. The lowest BCUT2D eigenvalue weighted by atomic mass is 10.1. The summed E-state index contributed by atoms with van der Waals surface area (Å²) in [4.78, 5) is 0. The van der Waals surface area contributed by atoms with Crippen LogP contribution in [0.5, 0.6) is 0 Å². The van der Waals surface area contributed by atoms with E-state index in [9.17, 15) is 0 Å². The summed E-state index contributed by atoms with van der Waals surface area (Å²) in [7, 11) is -8.97. The Bertz CT molecular complexity index is 5190. The van der Waals surface area contributed by atoms with Crippen molar-refractivity contribution in [3.05, 3.63) is 364 Å². The maximum Gasteiger partial charge on any atom is 0.179 e. The molecule has 418 valence electrons. The van der Waals surface area contributed by atoms with E-state index in [2.05, 4.69) is 373 Å². The summed E-state index contributed by atoms with van der Waals surface area (Å²) in [6, 6.07) is 139. The number of fused-ring (bicyclic) bond motifs is 8. The zero-order valence-electron chi connectivity index (χ0n) is 49.0. The molecule has 0 radical (unpaired) electrons. The highest BCUT2D eigenvalue weighted by Gasteiger charge is 2.56. The van der Waals surface area contributed by atoms with E-state index < -0.39 is 24.2 Å². The molecule has 3 heterocycles. The first-order valence-electron chi connectivity index (χ1n) is 31.0. The van der Waals surface area contributed by atoms with Gasteiger partial charge in [0.25, 0.3) is 0 Å². The molecule has 2 aromatic heterocycles. The summed E-state index contributed by atoms with van der Waals surface area (Å²) in [5.74, 6) is 0. The second kappa shape index (κ2) is 21.3. The minimum Gasteiger partial charge on any atom is -0.309 e. The minimum atomic E-state index is -3.09. The average Bonchev–Trinajstić information content (AvgIpc) is 1.32.